The molecule has 1 aliphatic rings. The molecule has 4 heteroatoms. The van der Waals surface area contributed by atoms with Crippen LogP contribution in [0.4, 0.5) is 0 Å². The molecule has 1 rings (SSSR count). The minimum atomic E-state index is -0.123. The van der Waals surface area contributed by atoms with Gasteiger partial charge in [0.05, 0.1) is 5.41 Å². The summed E-state index contributed by atoms with van der Waals surface area (Å²) in [6, 6.07) is 0. The molecule has 37 heavy (non-hydrogen) atoms. The van der Waals surface area contributed by atoms with Crippen LogP contribution in [0.15, 0.2) is 29.7 Å². The van der Waals surface area contributed by atoms with Crippen LogP contribution in [0, 0.1) is 11.3 Å². The third-order valence-electron chi connectivity index (χ3n) is 7.66. The molecule has 0 bridgehead atoms. The number of hydrogen-bond donors (Lipinski definition) is 0. The molecule has 4 nitrogen and oxygen atoms in total. The number of unbranched alkanes of at least 4 members (excludes halogenated alkanes) is 6. The molecule has 0 aromatic carbocycles. The van der Waals surface area contributed by atoms with E-state index < -0.39 is 0 Å². The van der Waals surface area contributed by atoms with Gasteiger partial charge in [0.25, 0.3) is 0 Å². The molecule has 0 aromatic heterocycles. The maximum absolute atomic E-state index is 6.31. The summed E-state index contributed by atoms with van der Waals surface area (Å²) < 4.78 is 6.31. The van der Waals surface area contributed by atoms with E-state index in [0.29, 0.717) is 6.61 Å². The third kappa shape index (κ3) is 15.5. The summed E-state index contributed by atoms with van der Waals surface area (Å²) in [6.07, 6.45) is 23.8. The highest BCUT2D eigenvalue weighted by Crippen LogP contribution is 2.41. The van der Waals surface area contributed by atoms with Crippen LogP contribution in [-0.2, 0) is 9.57 Å². The Bertz CT molecular complexity index is 615. The highest BCUT2D eigenvalue weighted by Gasteiger charge is 2.40. The van der Waals surface area contributed by atoms with Crippen molar-refractivity contribution in [3.63, 3.8) is 0 Å². The smallest absolute Gasteiger partial charge is 0.232 e. The average Bonchev–Trinajstić information content (AvgIpc) is 2.91. The van der Waals surface area contributed by atoms with Gasteiger partial charge in [0.2, 0.25) is 5.90 Å². The van der Waals surface area contributed by atoms with Gasteiger partial charge in [0, 0.05) is 19.2 Å². The van der Waals surface area contributed by atoms with Gasteiger partial charge in [0.15, 0.2) is 6.61 Å². The maximum atomic E-state index is 6.31. The van der Waals surface area contributed by atoms with E-state index >= 15 is 0 Å². The lowest BCUT2D eigenvalue weighted by molar-refractivity contribution is -0.00873. The van der Waals surface area contributed by atoms with E-state index in [9.17, 15) is 0 Å². The number of hydrogen-bond acceptors (Lipinski definition) is 4. The Kier molecular flexibility index (Phi) is 21.6. The zero-order valence-electron chi connectivity index (χ0n) is 26.2. The van der Waals surface area contributed by atoms with E-state index in [1.807, 2.05) is 0 Å². The average molecular weight is 521 g/mol. The van der Waals surface area contributed by atoms with Crippen LogP contribution in [0.3, 0.4) is 0 Å². The first-order chi connectivity index (χ1) is 17.8. The second kappa shape index (κ2) is 22.5. The molecule has 0 aliphatic carbocycles. The van der Waals surface area contributed by atoms with Crippen molar-refractivity contribution in [1.82, 2.24) is 4.90 Å². The van der Waals surface area contributed by atoms with E-state index in [0.717, 1.165) is 62.5 Å². The number of ether oxygens (including phenoxy) is 1. The lowest BCUT2D eigenvalue weighted by atomic mass is 9.74. The van der Waals surface area contributed by atoms with E-state index in [2.05, 4.69) is 84.4 Å². The molecule has 218 valence electrons. The highest BCUT2D eigenvalue weighted by molar-refractivity contribution is 5.83. The van der Waals surface area contributed by atoms with Crippen molar-refractivity contribution in [1.29, 1.82) is 0 Å². The zero-order valence-corrected chi connectivity index (χ0v) is 26.2. The van der Waals surface area contributed by atoms with Crippen molar-refractivity contribution in [2.45, 2.75) is 157 Å². The van der Waals surface area contributed by atoms with Crippen LogP contribution in [0.1, 0.15) is 151 Å². The van der Waals surface area contributed by atoms with Gasteiger partial charge in [-0.2, -0.15) is 0 Å². The van der Waals surface area contributed by atoms with Gasteiger partial charge in [0.1, 0.15) is 6.10 Å². The van der Waals surface area contributed by atoms with Crippen molar-refractivity contribution >= 4 is 5.90 Å². The van der Waals surface area contributed by atoms with Gasteiger partial charge in [-0.1, -0.05) is 137 Å². The molecule has 0 saturated heterocycles. The van der Waals surface area contributed by atoms with Crippen LogP contribution in [0.2, 0.25) is 0 Å². The number of allylic oxidation sites excluding steroid dienone is 2. The summed E-state index contributed by atoms with van der Waals surface area (Å²) >= 11 is 0. The molecule has 1 heterocycles. The molecule has 0 aromatic rings. The van der Waals surface area contributed by atoms with Crippen LogP contribution >= 0.6 is 0 Å². The lowest BCUT2D eigenvalue weighted by Gasteiger charge is -2.38. The Balaban J connectivity index is 0.00000109. The Morgan fingerprint density at radius 2 is 1.70 bits per heavy atom. The largest absolute Gasteiger partial charge is 0.471 e. The van der Waals surface area contributed by atoms with Gasteiger partial charge in [-0.3, -0.25) is 0 Å². The Labute approximate surface area is 232 Å². The summed E-state index contributed by atoms with van der Waals surface area (Å²) in [5, 5.41) is 4.40. The molecule has 0 amide bonds. The fraction of sp³-hybridized carbons (Fsp3) is 0.848. The van der Waals surface area contributed by atoms with Gasteiger partial charge < -0.3 is 14.5 Å². The summed E-state index contributed by atoms with van der Waals surface area (Å²) in [6.45, 7) is 20.7. The minimum absolute atomic E-state index is 0.107. The van der Waals surface area contributed by atoms with Crippen molar-refractivity contribution in [2.75, 3.05) is 13.7 Å². The topological polar surface area (TPSA) is 34.1 Å². The molecule has 0 radical (unpaired) electrons. The summed E-state index contributed by atoms with van der Waals surface area (Å²) in [7, 11) is 2.09. The van der Waals surface area contributed by atoms with E-state index in [1.165, 1.54) is 57.8 Å². The molecule has 0 spiro atoms. The first kappa shape index (κ1) is 35.5. The highest BCUT2D eigenvalue weighted by atomic mass is 16.7. The Morgan fingerprint density at radius 3 is 2.30 bits per heavy atom. The Hall–Kier alpha value is -1.45. The SMILES string of the molecule is C=C(CC(CCC)(CCCCC)C1=NOCC(CC)O1)N(C)/C=C\CCC.CCCCCCC(C)CC. The summed E-state index contributed by atoms with van der Waals surface area (Å²) in [5.74, 6) is 1.75. The predicted octanol–water partition coefficient (Wildman–Crippen LogP) is 10.6. The van der Waals surface area contributed by atoms with Crippen molar-refractivity contribution in [2.24, 2.45) is 16.5 Å². The molecule has 3 unspecified atom stereocenters. The van der Waals surface area contributed by atoms with E-state index in [-0.39, 0.29) is 11.5 Å². The fourth-order valence-electron chi connectivity index (χ4n) is 4.74. The van der Waals surface area contributed by atoms with E-state index in [1.54, 1.807) is 0 Å². The second-order valence-electron chi connectivity index (χ2n) is 11.2. The Morgan fingerprint density at radius 1 is 1.00 bits per heavy atom. The quantitative estimate of drug-likeness (QED) is 0.150. The maximum Gasteiger partial charge on any atom is 0.232 e. The van der Waals surface area contributed by atoms with Crippen molar-refractivity contribution < 1.29 is 9.57 Å². The summed E-state index contributed by atoms with van der Waals surface area (Å²) in [5.41, 5.74) is 0.985. The van der Waals surface area contributed by atoms with Gasteiger partial charge >= 0.3 is 0 Å². The molecule has 3 atom stereocenters. The molecule has 0 N–H and O–H groups in total. The number of rotatable bonds is 20. The van der Waals surface area contributed by atoms with Gasteiger partial charge in [-0.05, 0) is 37.8 Å². The monoisotopic (exact) mass is 520 g/mol. The molecular formula is C33H64N2O2. The van der Waals surface area contributed by atoms with E-state index in [4.69, 9.17) is 9.57 Å². The predicted molar refractivity (Wildman–Crippen MR) is 164 cm³/mol. The van der Waals surface area contributed by atoms with Crippen molar-refractivity contribution in [3.05, 3.63) is 24.6 Å². The number of nitrogens with zero attached hydrogens (tertiary/aromatic N) is 2. The first-order valence-electron chi connectivity index (χ1n) is 15.8. The molecule has 0 saturated carbocycles. The van der Waals surface area contributed by atoms with Crippen LogP contribution < -0.4 is 0 Å². The standard InChI is InChI=1S/C23H42N2O2.C10H22/c1-7-11-13-16-23(15-9-3,22-24-26-19-21(10-4)27-22)18-20(5)25(6)17-14-12-8-2;1-4-6-7-8-9-10(3)5-2/h14,17,21H,5,7-13,15-16,18-19H2,1-4,6H3;10H,4-9H2,1-3H3/b17-14-;. The fourth-order valence-corrected chi connectivity index (χ4v) is 4.74. The minimum Gasteiger partial charge on any atom is -0.471 e. The van der Waals surface area contributed by atoms with Gasteiger partial charge in [-0.25, -0.2) is 0 Å². The normalized spacial score (nSPS) is 17.6. The summed E-state index contributed by atoms with van der Waals surface area (Å²) in [4.78, 5) is 7.73. The second-order valence-corrected chi connectivity index (χ2v) is 11.2. The van der Waals surface area contributed by atoms with Crippen LogP contribution in [0.5, 0.6) is 0 Å². The van der Waals surface area contributed by atoms with Crippen LogP contribution in [0.25, 0.3) is 0 Å². The zero-order chi connectivity index (χ0) is 27.9. The van der Waals surface area contributed by atoms with Gasteiger partial charge in [-0.15, -0.1) is 0 Å². The lowest BCUT2D eigenvalue weighted by Crippen LogP contribution is -2.40. The van der Waals surface area contributed by atoms with Crippen LogP contribution in [-0.4, -0.2) is 30.6 Å². The molecular weight excluding hydrogens is 456 g/mol. The molecule has 0 fully saturated rings. The third-order valence-corrected chi connectivity index (χ3v) is 7.66. The number of oxime groups is 1. The van der Waals surface area contributed by atoms with Crippen molar-refractivity contribution in [3.8, 4) is 0 Å². The first-order valence-corrected chi connectivity index (χ1v) is 15.8. The molecule has 1 aliphatic heterocycles.